The van der Waals surface area contributed by atoms with Gasteiger partial charge in [-0.3, -0.25) is 0 Å². The minimum Gasteiger partial charge on any atom is -0.450 e. The number of rotatable bonds is 5. The fraction of sp³-hybridized carbons (Fsp3) is 0.462. The smallest absolute Gasteiger partial charge is 0.450 e. The summed E-state index contributed by atoms with van der Waals surface area (Å²) in [5, 5.41) is 9.32. The van der Waals surface area contributed by atoms with Crippen LogP contribution in [0.4, 0.5) is 4.79 Å². The van der Waals surface area contributed by atoms with Crippen LogP contribution in [0.25, 0.3) is 0 Å². The largest absolute Gasteiger partial charge is 0.506 e. The minimum absolute atomic E-state index is 0.174. The molecule has 0 heterocycles. The highest BCUT2D eigenvalue weighted by atomic mass is 35.5. The molecule has 0 saturated heterocycles. The van der Waals surface area contributed by atoms with Crippen LogP contribution in [0.5, 0.6) is 0 Å². The van der Waals surface area contributed by atoms with Crippen LogP contribution in [-0.4, -0.2) is 17.4 Å². The zero-order valence-electron chi connectivity index (χ0n) is 10.0. The second-order valence-corrected chi connectivity index (χ2v) is 4.48. The topological polar surface area (TPSA) is 46.5 Å². The van der Waals surface area contributed by atoms with Crippen LogP contribution in [0.15, 0.2) is 24.3 Å². The molecule has 1 aromatic rings. The minimum atomic E-state index is -1.22. The first kappa shape index (κ1) is 13.8. The van der Waals surface area contributed by atoms with Gasteiger partial charge < -0.3 is 9.84 Å². The van der Waals surface area contributed by atoms with Crippen molar-refractivity contribution in [1.29, 1.82) is 0 Å². The van der Waals surface area contributed by atoms with Crippen LogP contribution in [-0.2, 0) is 4.74 Å². The Kier molecular flexibility index (Phi) is 5.29. The maximum atomic E-state index is 10.5. The van der Waals surface area contributed by atoms with Gasteiger partial charge >= 0.3 is 6.16 Å². The summed E-state index contributed by atoms with van der Waals surface area (Å²) in [5.74, 6) is 0.174. The summed E-state index contributed by atoms with van der Waals surface area (Å²) < 4.78 is 4.81. The van der Waals surface area contributed by atoms with Crippen molar-refractivity contribution in [2.45, 2.75) is 38.7 Å². The molecule has 0 amide bonds. The standard InChI is InChI=1S/C13H17ClO3/c1-3-10(17-13(15)16)8-9(2)11-6-4-5-7-12(11)14/h4-7,9-10H,3,8H2,1-2H3,(H,15,16). The number of carboxylic acid groups (broad SMARTS) is 1. The van der Waals surface area contributed by atoms with E-state index in [1.807, 2.05) is 38.1 Å². The molecule has 0 aromatic heterocycles. The molecule has 1 rings (SSSR count). The number of ether oxygens (including phenoxy) is 1. The molecule has 1 N–H and O–H groups in total. The fourth-order valence-corrected chi connectivity index (χ4v) is 2.16. The molecule has 0 radical (unpaired) electrons. The fourth-order valence-electron chi connectivity index (χ4n) is 1.84. The molecular formula is C13H17ClO3. The van der Waals surface area contributed by atoms with E-state index in [0.717, 1.165) is 5.56 Å². The Labute approximate surface area is 106 Å². The molecule has 3 nitrogen and oxygen atoms in total. The predicted molar refractivity (Wildman–Crippen MR) is 67.7 cm³/mol. The Hall–Kier alpha value is -1.22. The van der Waals surface area contributed by atoms with E-state index < -0.39 is 6.16 Å². The molecule has 2 atom stereocenters. The molecule has 17 heavy (non-hydrogen) atoms. The second-order valence-electron chi connectivity index (χ2n) is 4.07. The highest BCUT2D eigenvalue weighted by Crippen LogP contribution is 2.28. The van der Waals surface area contributed by atoms with Gasteiger partial charge in [0.15, 0.2) is 0 Å². The quantitative estimate of drug-likeness (QED) is 0.799. The van der Waals surface area contributed by atoms with Crippen LogP contribution in [0.1, 0.15) is 38.2 Å². The van der Waals surface area contributed by atoms with Crippen molar-refractivity contribution < 1.29 is 14.6 Å². The third-order valence-electron chi connectivity index (χ3n) is 2.78. The van der Waals surface area contributed by atoms with Gasteiger partial charge in [0.1, 0.15) is 6.10 Å². The summed E-state index contributed by atoms with van der Waals surface area (Å²) in [6.07, 6.45) is -0.185. The lowest BCUT2D eigenvalue weighted by molar-refractivity contribution is 0.0442. The summed E-state index contributed by atoms with van der Waals surface area (Å²) in [7, 11) is 0. The van der Waals surface area contributed by atoms with Gasteiger partial charge in [0.25, 0.3) is 0 Å². The molecule has 1 aromatic carbocycles. The molecule has 0 aliphatic rings. The first-order chi connectivity index (χ1) is 8.04. The van der Waals surface area contributed by atoms with Gasteiger partial charge in [-0.2, -0.15) is 0 Å². The number of halogens is 1. The van der Waals surface area contributed by atoms with Crippen molar-refractivity contribution in [2.24, 2.45) is 0 Å². The van der Waals surface area contributed by atoms with Crippen LogP contribution < -0.4 is 0 Å². The first-order valence-electron chi connectivity index (χ1n) is 5.68. The van der Waals surface area contributed by atoms with E-state index >= 15 is 0 Å². The van der Waals surface area contributed by atoms with Crippen LogP contribution in [0, 0.1) is 0 Å². The zero-order valence-corrected chi connectivity index (χ0v) is 10.8. The lowest BCUT2D eigenvalue weighted by Gasteiger charge is -2.19. The van der Waals surface area contributed by atoms with Crippen molar-refractivity contribution in [1.82, 2.24) is 0 Å². The van der Waals surface area contributed by atoms with Gasteiger partial charge in [0.05, 0.1) is 0 Å². The van der Waals surface area contributed by atoms with E-state index in [-0.39, 0.29) is 12.0 Å². The molecule has 0 aliphatic heterocycles. The van der Waals surface area contributed by atoms with E-state index in [1.54, 1.807) is 0 Å². The SMILES string of the molecule is CCC(CC(C)c1ccccc1Cl)OC(=O)O. The van der Waals surface area contributed by atoms with E-state index in [0.29, 0.717) is 17.9 Å². The monoisotopic (exact) mass is 256 g/mol. The highest BCUT2D eigenvalue weighted by molar-refractivity contribution is 6.31. The Bertz CT molecular complexity index is 379. The van der Waals surface area contributed by atoms with Crippen molar-refractivity contribution in [3.63, 3.8) is 0 Å². The summed E-state index contributed by atoms with van der Waals surface area (Å²) in [6.45, 7) is 3.93. The van der Waals surface area contributed by atoms with E-state index in [1.165, 1.54) is 0 Å². The van der Waals surface area contributed by atoms with Gasteiger partial charge in [-0.15, -0.1) is 0 Å². The lowest BCUT2D eigenvalue weighted by atomic mass is 9.94. The lowest BCUT2D eigenvalue weighted by Crippen LogP contribution is -2.18. The summed E-state index contributed by atoms with van der Waals surface area (Å²) in [4.78, 5) is 10.5. The molecule has 4 heteroatoms. The normalized spacial score (nSPS) is 14.1. The zero-order chi connectivity index (χ0) is 12.8. The van der Waals surface area contributed by atoms with Gasteiger partial charge in [-0.1, -0.05) is 43.6 Å². The molecule has 0 fully saturated rings. The number of benzene rings is 1. The summed E-state index contributed by atoms with van der Waals surface area (Å²) in [5.41, 5.74) is 1.03. The van der Waals surface area contributed by atoms with Crippen molar-refractivity contribution >= 4 is 17.8 Å². The molecular weight excluding hydrogens is 240 g/mol. The summed E-state index contributed by atoms with van der Waals surface area (Å²) >= 11 is 6.09. The Morgan fingerprint density at radius 2 is 2.12 bits per heavy atom. The predicted octanol–water partition coefficient (Wildman–Crippen LogP) is 4.31. The Morgan fingerprint density at radius 3 is 2.65 bits per heavy atom. The average molecular weight is 257 g/mol. The molecule has 0 saturated carbocycles. The third kappa shape index (κ3) is 4.27. The number of hydrogen-bond acceptors (Lipinski definition) is 2. The van der Waals surface area contributed by atoms with Crippen molar-refractivity contribution in [3.8, 4) is 0 Å². The maximum absolute atomic E-state index is 10.5. The average Bonchev–Trinajstić information content (AvgIpc) is 2.27. The molecule has 2 unspecified atom stereocenters. The second kappa shape index (κ2) is 6.50. The van der Waals surface area contributed by atoms with E-state index in [4.69, 9.17) is 21.4 Å². The van der Waals surface area contributed by atoms with Crippen molar-refractivity contribution in [3.05, 3.63) is 34.9 Å². The number of carbonyl (C=O) groups is 1. The van der Waals surface area contributed by atoms with Gasteiger partial charge in [-0.05, 0) is 30.4 Å². The number of hydrogen-bond donors (Lipinski definition) is 1. The van der Waals surface area contributed by atoms with E-state index in [9.17, 15) is 4.79 Å². The Balaban J connectivity index is 2.67. The van der Waals surface area contributed by atoms with Gasteiger partial charge in [0.2, 0.25) is 0 Å². The Morgan fingerprint density at radius 1 is 1.47 bits per heavy atom. The van der Waals surface area contributed by atoms with Crippen LogP contribution in [0.3, 0.4) is 0 Å². The van der Waals surface area contributed by atoms with Crippen LogP contribution >= 0.6 is 11.6 Å². The summed E-state index contributed by atoms with van der Waals surface area (Å²) in [6, 6.07) is 7.60. The molecule has 94 valence electrons. The van der Waals surface area contributed by atoms with Crippen molar-refractivity contribution in [2.75, 3.05) is 0 Å². The highest BCUT2D eigenvalue weighted by Gasteiger charge is 2.18. The third-order valence-corrected chi connectivity index (χ3v) is 3.12. The maximum Gasteiger partial charge on any atom is 0.506 e. The van der Waals surface area contributed by atoms with E-state index in [2.05, 4.69) is 0 Å². The molecule has 0 aliphatic carbocycles. The van der Waals surface area contributed by atoms with Gasteiger partial charge in [0, 0.05) is 5.02 Å². The molecule has 0 spiro atoms. The molecule has 0 bridgehead atoms. The first-order valence-corrected chi connectivity index (χ1v) is 6.06. The van der Waals surface area contributed by atoms with Crippen LogP contribution in [0.2, 0.25) is 5.02 Å². The van der Waals surface area contributed by atoms with Gasteiger partial charge in [-0.25, -0.2) is 4.79 Å².